The molecule has 0 aliphatic heterocycles. The lowest BCUT2D eigenvalue weighted by atomic mass is 9.58. The number of ketones is 2. The number of hydrogen-bond donors (Lipinski definition) is 7. The molecule has 226 valence electrons. The number of amides is 2. The van der Waals surface area contributed by atoms with E-state index in [-0.39, 0.29) is 61.0 Å². The van der Waals surface area contributed by atoms with Crippen LogP contribution in [0.2, 0.25) is 0 Å². The highest BCUT2D eigenvalue weighted by Gasteiger charge is 2.63. The van der Waals surface area contributed by atoms with Crippen LogP contribution in [0.25, 0.3) is 0 Å². The van der Waals surface area contributed by atoms with E-state index in [1.165, 1.54) is 11.0 Å². The minimum atomic E-state index is -2.70. The van der Waals surface area contributed by atoms with Crippen molar-refractivity contribution in [2.75, 3.05) is 32.5 Å². The average molecular weight is 616 g/mol. The van der Waals surface area contributed by atoms with Crippen molar-refractivity contribution < 1.29 is 39.6 Å². The molecule has 0 saturated carbocycles. The Kier molecular flexibility index (Phi) is 10.6. The highest BCUT2D eigenvalue weighted by Crippen LogP contribution is 2.52. The quantitative estimate of drug-likeness (QED) is 0.127. The maximum absolute atomic E-state index is 13.7. The monoisotopic (exact) mass is 614 g/mol. The number of carbonyl (C=O) groups excluding carboxylic acids is 4. The van der Waals surface area contributed by atoms with Gasteiger partial charge in [0.15, 0.2) is 17.1 Å². The summed E-state index contributed by atoms with van der Waals surface area (Å²) in [5.41, 5.74) is 1.83. The molecule has 1 aromatic carbocycles. The molecule has 1 aromatic rings. The zero-order valence-electron chi connectivity index (χ0n) is 22.9. The van der Waals surface area contributed by atoms with Gasteiger partial charge >= 0.3 is 0 Å². The number of nitrogens with zero attached hydrogens (tertiary/aromatic N) is 1. The number of Topliss-reactive ketones (excluding diaryl/α,β-unsaturated/α-hetero) is 2. The van der Waals surface area contributed by atoms with E-state index in [4.69, 9.17) is 5.73 Å². The van der Waals surface area contributed by atoms with E-state index < -0.39 is 69.7 Å². The van der Waals surface area contributed by atoms with Gasteiger partial charge in [-0.3, -0.25) is 24.1 Å². The number of benzene rings is 1. The SMILES string of the molecule is CCCCNCC(=O)Nc1ccc2c(c1O)C(=O)C1=C(O)C3(O)C(=O)C(C(N)=O)=C(O)[C@@H](N(C)C)C3CC1C2.Cl.Cl. The molecule has 4 atom stereocenters. The standard InChI is InChI=1S/C27H34N4O8.2ClH/c1-4-5-8-29-11-16(32)30-15-7-6-12-9-13-10-14-20(31(2)3)23(35)19(26(28)38)25(37)27(14,39)24(36)18(13)22(34)17(12)21(15)33;;/h6-7,13-14,20,29,33,35-36,39H,4-5,8-11H2,1-3H3,(H2,28,38)(H,30,32);2*1H/t13?,14?,20-,27?;;/m0../s1. The number of carbonyl (C=O) groups is 4. The largest absolute Gasteiger partial charge is 0.510 e. The van der Waals surface area contributed by atoms with Crippen LogP contribution in [-0.2, 0) is 20.8 Å². The van der Waals surface area contributed by atoms with Gasteiger partial charge in [0.05, 0.1) is 23.8 Å². The number of halogens is 2. The Bertz CT molecular complexity index is 1330. The Balaban J connectivity index is 0.00000294. The topological polar surface area (TPSA) is 203 Å². The van der Waals surface area contributed by atoms with Crippen LogP contribution in [-0.4, -0.2) is 87.5 Å². The van der Waals surface area contributed by atoms with Gasteiger partial charge in [-0.2, -0.15) is 0 Å². The molecule has 0 aromatic heterocycles. The number of phenolic OH excluding ortho intramolecular Hbond substituents is 1. The number of fused-ring (bicyclic) bond motifs is 3. The first-order chi connectivity index (χ1) is 18.4. The lowest BCUT2D eigenvalue weighted by Gasteiger charge is -2.50. The van der Waals surface area contributed by atoms with Crippen molar-refractivity contribution in [3.05, 3.63) is 45.9 Å². The summed E-state index contributed by atoms with van der Waals surface area (Å²) < 4.78 is 0. The van der Waals surface area contributed by atoms with Gasteiger partial charge in [0.1, 0.15) is 17.1 Å². The van der Waals surface area contributed by atoms with Crippen LogP contribution in [0.4, 0.5) is 5.69 Å². The van der Waals surface area contributed by atoms with Crippen molar-refractivity contribution >= 4 is 53.9 Å². The Morgan fingerprint density at radius 2 is 1.80 bits per heavy atom. The third-order valence-electron chi connectivity index (χ3n) is 7.86. The average Bonchev–Trinajstić information content (AvgIpc) is 2.85. The number of primary amides is 1. The second kappa shape index (κ2) is 12.8. The summed E-state index contributed by atoms with van der Waals surface area (Å²) in [6, 6.07) is 2.03. The molecule has 0 fully saturated rings. The Morgan fingerprint density at radius 3 is 2.39 bits per heavy atom. The van der Waals surface area contributed by atoms with Gasteiger partial charge in [0, 0.05) is 11.5 Å². The molecule has 4 rings (SSSR count). The minimum absolute atomic E-state index is 0. The van der Waals surface area contributed by atoms with Crippen LogP contribution in [0.3, 0.4) is 0 Å². The maximum atomic E-state index is 13.7. The summed E-state index contributed by atoms with van der Waals surface area (Å²) in [6.45, 7) is 2.68. The first-order valence-corrected chi connectivity index (χ1v) is 12.9. The number of aliphatic hydroxyl groups is 3. The number of rotatable bonds is 8. The smallest absolute Gasteiger partial charge is 0.255 e. The van der Waals surface area contributed by atoms with Crippen molar-refractivity contribution in [3.8, 4) is 5.75 Å². The number of phenols is 1. The van der Waals surface area contributed by atoms with Crippen LogP contribution in [0, 0.1) is 11.8 Å². The molecule has 3 unspecified atom stereocenters. The Hall–Kier alpha value is -3.16. The predicted octanol–water partition coefficient (Wildman–Crippen LogP) is 1.29. The van der Waals surface area contributed by atoms with Crippen LogP contribution >= 0.6 is 24.8 Å². The van der Waals surface area contributed by atoms with Crippen molar-refractivity contribution in [1.82, 2.24) is 10.2 Å². The molecule has 41 heavy (non-hydrogen) atoms. The van der Waals surface area contributed by atoms with E-state index in [9.17, 15) is 39.6 Å². The molecule has 0 spiro atoms. The van der Waals surface area contributed by atoms with E-state index in [1.807, 2.05) is 6.92 Å². The molecule has 0 bridgehead atoms. The number of nitrogens with one attached hydrogen (secondary N) is 2. The first kappa shape index (κ1) is 34.0. The molecule has 0 saturated heterocycles. The summed E-state index contributed by atoms with van der Waals surface area (Å²) in [7, 11) is 3.14. The van der Waals surface area contributed by atoms with Gasteiger partial charge in [0.25, 0.3) is 5.91 Å². The molecule has 12 nitrogen and oxygen atoms in total. The van der Waals surface area contributed by atoms with Gasteiger partial charge in [-0.05, 0) is 57.5 Å². The van der Waals surface area contributed by atoms with Crippen molar-refractivity contribution in [3.63, 3.8) is 0 Å². The van der Waals surface area contributed by atoms with E-state index in [0.29, 0.717) is 12.1 Å². The lowest BCUT2D eigenvalue weighted by Crippen LogP contribution is -2.63. The third-order valence-corrected chi connectivity index (χ3v) is 7.86. The predicted molar refractivity (Wildman–Crippen MR) is 155 cm³/mol. The van der Waals surface area contributed by atoms with E-state index in [2.05, 4.69) is 10.6 Å². The van der Waals surface area contributed by atoms with E-state index in [0.717, 1.165) is 12.8 Å². The van der Waals surface area contributed by atoms with Crippen molar-refractivity contribution in [2.45, 2.75) is 44.2 Å². The molecular weight excluding hydrogens is 579 g/mol. The minimum Gasteiger partial charge on any atom is -0.510 e. The van der Waals surface area contributed by atoms with Crippen LogP contribution in [0.15, 0.2) is 34.8 Å². The fourth-order valence-electron chi connectivity index (χ4n) is 6.02. The number of hydrogen-bond acceptors (Lipinski definition) is 10. The number of aliphatic hydroxyl groups excluding tert-OH is 2. The molecule has 8 N–H and O–H groups in total. The normalized spacial score (nSPS) is 25.0. The number of likely N-dealkylation sites (N-methyl/N-ethyl adjacent to an activating group) is 1. The summed E-state index contributed by atoms with van der Waals surface area (Å²) >= 11 is 0. The van der Waals surface area contributed by atoms with Gasteiger partial charge < -0.3 is 36.8 Å². The highest BCUT2D eigenvalue weighted by molar-refractivity contribution is 6.25. The number of unbranched alkanes of at least 4 members (excludes halogenated alkanes) is 1. The highest BCUT2D eigenvalue weighted by atomic mass is 35.5. The van der Waals surface area contributed by atoms with Crippen molar-refractivity contribution in [2.24, 2.45) is 17.6 Å². The second-order valence-corrected chi connectivity index (χ2v) is 10.5. The first-order valence-electron chi connectivity index (χ1n) is 12.9. The molecule has 3 aliphatic carbocycles. The van der Waals surface area contributed by atoms with Gasteiger partial charge in [-0.25, -0.2) is 0 Å². The summed E-state index contributed by atoms with van der Waals surface area (Å²) in [4.78, 5) is 52.9. The van der Waals surface area contributed by atoms with Crippen LogP contribution < -0.4 is 16.4 Å². The van der Waals surface area contributed by atoms with Crippen molar-refractivity contribution in [1.29, 1.82) is 0 Å². The lowest BCUT2D eigenvalue weighted by molar-refractivity contribution is -0.148. The zero-order chi connectivity index (χ0) is 28.8. The number of anilines is 1. The summed E-state index contributed by atoms with van der Waals surface area (Å²) in [6.07, 6.45) is 2.04. The van der Waals surface area contributed by atoms with Gasteiger partial charge in [-0.15, -0.1) is 24.8 Å². The fraction of sp³-hybridized carbons (Fsp3) is 0.481. The maximum Gasteiger partial charge on any atom is 0.255 e. The number of allylic oxidation sites excluding steroid dienone is 1. The molecule has 14 heteroatoms. The molecule has 0 heterocycles. The molecule has 3 aliphatic rings. The Morgan fingerprint density at radius 1 is 1.15 bits per heavy atom. The Labute approximate surface area is 249 Å². The second-order valence-electron chi connectivity index (χ2n) is 10.5. The van der Waals surface area contributed by atoms with E-state index in [1.54, 1.807) is 20.2 Å². The fourth-order valence-corrected chi connectivity index (χ4v) is 6.02. The number of aromatic hydroxyl groups is 1. The van der Waals surface area contributed by atoms with Crippen LogP contribution in [0.5, 0.6) is 5.75 Å². The van der Waals surface area contributed by atoms with Gasteiger partial charge in [0.2, 0.25) is 11.7 Å². The summed E-state index contributed by atoms with van der Waals surface area (Å²) in [5.74, 6) is -7.60. The molecule has 2 amide bonds. The number of nitrogens with two attached hydrogens (primary N) is 1. The zero-order valence-corrected chi connectivity index (χ0v) is 24.5. The molecular formula is C27H36Cl2N4O8. The summed E-state index contributed by atoms with van der Waals surface area (Å²) in [5, 5.41) is 50.2. The third kappa shape index (κ3) is 5.54. The molecule has 0 radical (unpaired) electrons. The van der Waals surface area contributed by atoms with E-state index >= 15 is 0 Å². The van der Waals surface area contributed by atoms with Gasteiger partial charge in [-0.1, -0.05) is 19.4 Å². The van der Waals surface area contributed by atoms with Crippen LogP contribution in [0.1, 0.15) is 42.1 Å².